The van der Waals surface area contributed by atoms with Crippen molar-refractivity contribution in [1.29, 1.82) is 0 Å². The number of hydrogen-bond acceptors (Lipinski definition) is 3. The van der Waals surface area contributed by atoms with Gasteiger partial charge in [-0.2, -0.15) is 0 Å². The van der Waals surface area contributed by atoms with Crippen molar-refractivity contribution in [3.63, 3.8) is 0 Å². The summed E-state index contributed by atoms with van der Waals surface area (Å²) in [5, 5.41) is 7.23. The van der Waals surface area contributed by atoms with Gasteiger partial charge in [0.05, 0.1) is 22.1 Å². The molecule has 3 heterocycles. The van der Waals surface area contributed by atoms with Crippen LogP contribution in [0.3, 0.4) is 0 Å². The average Bonchev–Trinajstić information content (AvgIpc) is 4.12. The topological polar surface area (TPSA) is 21.3 Å². The first-order valence-corrected chi connectivity index (χ1v) is 24.6. The van der Waals surface area contributed by atoms with Crippen molar-refractivity contribution in [2.24, 2.45) is 0 Å². The van der Waals surface area contributed by atoms with E-state index in [1.54, 1.807) is 0 Å². The molecule has 11 aromatic carbocycles. The summed E-state index contributed by atoms with van der Waals surface area (Å²) in [7, 11) is 0. The maximum atomic E-state index is 7.00. The predicted molar refractivity (Wildman–Crippen MR) is 297 cm³/mol. The first-order valence-electron chi connectivity index (χ1n) is 23.8. The molecule has 14 rings (SSSR count). The first-order chi connectivity index (χ1) is 34.7. The van der Waals surface area contributed by atoms with Crippen LogP contribution in [-0.4, -0.2) is 4.57 Å². The first kappa shape index (κ1) is 40.1. The van der Waals surface area contributed by atoms with E-state index in [0.29, 0.717) is 0 Å². The van der Waals surface area contributed by atoms with Crippen LogP contribution in [0.2, 0.25) is 0 Å². The highest BCUT2D eigenvalue weighted by molar-refractivity contribution is 7.25. The highest BCUT2D eigenvalue weighted by Crippen LogP contribution is 2.48. The number of thiophene rings is 1. The van der Waals surface area contributed by atoms with E-state index in [-0.39, 0.29) is 0 Å². The molecule has 0 aliphatic heterocycles. The number of anilines is 3. The van der Waals surface area contributed by atoms with Gasteiger partial charge in [0.1, 0.15) is 11.2 Å². The van der Waals surface area contributed by atoms with Gasteiger partial charge < -0.3 is 13.9 Å². The normalized spacial score (nSPS) is 11.7. The highest BCUT2D eigenvalue weighted by atomic mass is 32.1. The molecule has 328 valence electrons. The fourth-order valence-electron chi connectivity index (χ4n) is 10.8. The molecule has 0 bridgehead atoms. The fourth-order valence-corrected chi connectivity index (χ4v) is 11.9. The van der Waals surface area contributed by atoms with E-state index >= 15 is 0 Å². The molecule has 0 saturated carbocycles. The van der Waals surface area contributed by atoms with Crippen molar-refractivity contribution in [2.45, 2.75) is 0 Å². The van der Waals surface area contributed by atoms with E-state index in [9.17, 15) is 0 Å². The van der Waals surface area contributed by atoms with Gasteiger partial charge in [-0.25, -0.2) is 0 Å². The number of fused-ring (bicyclic) bond motifs is 9. The number of furan rings is 1. The van der Waals surface area contributed by atoms with Gasteiger partial charge in [-0.15, -0.1) is 11.3 Å². The van der Waals surface area contributed by atoms with Crippen molar-refractivity contribution < 1.29 is 4.42 Å². The van der Waals surface area contributed by atoms with E-state index in [1.807, 2.05) is 11.3 Å². The lowest BCUT2D eigenvalue weighted by Gasteiger charge is -2.27. The van der Waals surface area contributed by atoms with E-state index in [0.717, 1.165) is 61.4 Å². The van der Waals surface area contributed by atoms with Gasteiger partial charge >= 0.3 is 0 Å². The number of nitrogens with zero attached hydrogens (tertiary/aromatic N) is 2. The van der Waals surface area contributed by atoms with Crippen molar-refractivity contribution in [2.75, 3.05) is 4.90 Å². The molecule has 3 nitrogen and oxygen atoms in total. The second kappa shape index (κ2) is 16.4. The highest BCUT2D eigenvalue weighted by Gasteiger charge is 2.23. The molecule has 0 fully saturated rings. The number of hydrogen-bond donors (Lipinski definition) is 0. The molecule has 14 aromatic rings. The molecule has 0 atom stereocenters. The minimum Gasteiger partial charge on any atom is -0.455 e. The summed E-state index contributed by atoms with van der Waals surface area (Å²) in [6.07, 6.45) is 0. The van der Waals surface area contributed by atoms with Gasteiger partial charge in [0, 0.05) is 59.0 Å². The van der Waals surface area contributed by atoms with Gasteiger partial charge in [0.15, 0.2) is 0 Å². The maximum absolute atomic E-state index is 7.00. The smallest absolute Gasteiger partial charge is 0.145 e. The molecule has 0 spiro atoms. The number of para-hydroxylation sites is 3. The molecule has 0 radical (unpaired) electrons. The molecule has 0 aliphatic carbocycles. The molecule has 0 amide bonds. The number of aromatic nitrogens is 1. The Bertz CT molecular complexity index is 4220. The number of benzene rings is 11. The third kappa shape index (κ3) is 6.57. The monoisotopic (exact) mass is 910 g/mol. The minimum absolute atomic E-state index is 0.852. The summed E-state index contributed by atoms with van der Waals surface area (Å²) in [4.78, 5) is 2.40. The van der Waals surface area contributed by atoms with Crippen LogP contribution < -0.4 is 4.90 Å². The Kier molecular flexibility index (Phi) is 9.39. The number of rotatable bonds is 8. The fraction of sp³-hybridized carbons (Fsp3) is 0. The minimum atomic E-state index is 0.852. The summed E-state index contributed by atoms with van der Waals surface area (Å²) in [6.45, 7) is 0. The second-order valence-electron chi connectivity index (χ2n) is 18.0. The van der Waals surface area contributed by atoms with Crippen LogP contribution in [0.1, 0.15) is 0 Å². The van der Waals surface area contributed by atoms with Crippen LogP contribution in [0.5, 0.6) is 0 Å². The molecular formula is C66H42N2OS. The second-order valence-corrected chi connectivity index (χ2v) is 19.1. The van der Waals surface area contributed by atoms with Gasteiger partial charge in [0.2, 0.25) is 0 Å². The molecule has 0 unspecified atom stereocenters. The molecule has 4 heteroatoms. The largest absolute Gasteiger partial charge is 0.455 e. The summed E-state index contributed by atoms with van der Waals surface area (Å²) >= 11 is 1.86. The van der Waals surface area contributed by atoms with E-state index in [2.05, 4.69) is 264 Å². The van der Waals surface area contributed by atoms with Crippen LogP contribution in [0, 0.1) is 0 Å². The van der Waals surface area contributed by atoms with Crippen LogP contribution in [0.4, 0.5) is 17.1 Å². The Morgan fingerprint density at radius 2 is 0.871 bits per heavy atom. The van der Waals surface area contributed by atoms with Crippen LogP contribution >= 0.6 is 11.3 Å². The maximum Gasteiger partial charge on any atom is 0.145 e. The van der Waals surface area contributed by atoms with E-state index < -0.39 is 0 Å². The lowest BCUT2D eigenvalue weighted by molar-refractivity contribution is 0.670. The zero-order valence-corrected chi connectivity index (χ0v) is 38.8. The Morgan fingerprint density at radius 1 is 0.343 bits per heavy atom. The Labute approximate surface area is 409 Å². The zero-order chi connectivity index (χ0) is 46.1. The average molecular weight is 911 g/mol. The summed E-state index contributed by atoms with van der Waals surface area (Å²) in [6, 6.07) is 92.2. The van der Waals surface area contributed by atoms with E-state index in [1.165, 1.54) is 69.8 Å². The van der Waals surface area contributed by atoms with Crippen molar-refractivity contribution in [3.05, 3.63) is 255 Å². The van der Waals surface area contributed by atoms with Crippen LogP contribution in [0.25, 0.3) is 114 Å². The SMILES string of the molecule is c1ccc(-c2ccc(-c3ccc(N(c4ccc(-c5cccc6sc7ccccc7c56)cc4)c4ccc(-c5cccc(-n6c7ccccc7c7ccccc76)c5)c5oc6ccccc6c45)cc3)cc2)cc1. The van der Waals surface area contributed by atoms with Crippen LogP contribution in [-0.2, 0) is 0 Å². The lowest BCUT2D eigenvalue weighted by atomic mass is 9.97. The van der Waals surface area contributed by atoms with Crippen LogP contribution in [0.15, 0.2) is 259 Å². The molecule has 0 aliphatic rings. The standard InChI is InChI=1S/C66H42N2OS/c1-2-14-43(15-3-1)44-28-30-45(31-29-44)46-32-36-49(37-33-46)67(50-38-34-47(35-39-50)52-22-13-27-63-64(52)57-21-7-11-26-62(57)70-63)60-41-40-53(66-65(60)56-20-6-10-25-61(56)69-66)48-16-12-17-51(42-48)68-58-23-8-4-18-54(58)55-19-5-9-24-59(55)68/h1-42H. The van der Waals surface area contributed by atoms with Gasteiger partial charge in [-0.05, 0) is 118 Å². The summed E-state index contributed by atoms with van der Waals surface area (Å²) < 4.78 is 12.0. The van der Waals surface area contributed by atoms with Gasteiger partial charge in [-0.3, -0.25) is 0 Å². The molecule has 3 aromatic heterocycles. The third-order valence-electron chi connectivity index (χ3n) is 14.0. The molecule has 0 saturated heterocycles. The Hall–Kier alpha value is -8.96. The lowest BCUT2D eigenvalue weighted by Crippen LogP contribution is -2.10. The Balaban J connectivity index is 0.928. The predicted octanol–water partition coefficient (Wildman–Crippen LogP) is 19.2. The summed E-state index contributed by atoms with van der Waals surface area (Å²) in [5.74, 6) is 0. The van der Waals surface area contributed by atoms with Crippen molar-refractivity contribution >= 4 is 92.3 Å². The molecular weight excluding hydrogens is 869 g/mol. The van der Waals surface area contributed by atoms with E-state index in [4.69, 9.17) is 4.42 Å². The molecule has 0 N–H and O–H groups in total. The van der Waals surface area contributed by atoms with Crippen molar-refractivity contribution in [3.8, 4) is 50.2 Å². The zero-order valence-electron chi connectivity index (χ0n) is 38.0. The third-order valence-corrected chi connectivity index (χ3v) is 15.2. The Morgan fingerprint density at radius 3 is 1.57 bits per heavy atom. The van der Waals surface area contributed by atoms with Gasteiger partial charge in [-0.1, -0.05) is 176 Å². The molecule has 70 heavy (non-hydrogen) atoms. The van der Waals surface area contributed by atoms with Gasteiger partial charge in [0.25, 0.3) is 0 Å². The van der Waals surface area contributed by atoms with Crippen molar-refractivity contribution in [1.82, 2.24) is 4.57 Å². The summed E-state index contributed by atoms with van der Waals surface area (Å²) in [5.41, 5.74) is 17.6. The quantitative estimate of drug-likeness (QED) is 0.151.